The van der Waals surface area contributed by atoms with Crippen LogP contribution in [-0.4, -0.2) is 36.5 Å². The minimum atomic E-state index is 0.0207. The van der Waals surface area contributed by atoms with E-state index >= 15 is 0 Å². The van der Waals surface area contributed by atoms with Crippen molar-refractivity contribution in [3.05, 3.63) is 23.2 Å². The Morgan fingerprint density at radius 2 is 2.19 bits per heavy atom. The molecule has 5 heteroatoms. The zero-order chi connectivity index (χ0) is 14.8. The number of amides is 1. The Hall–Kier alpha value is -1.26. The normalized spacial score (nSPS) is 27.4. The van der Waals surface area contributed by atoms with E-state index in [4.69, 9.17) is 11.6 Å². The molecule has 1 aromatic rings. The van der Waals surface area contributed by atoms with Gasteiger partial charge in [0.05, 0.1) is 10.7 Å². The summed E-state index contributed by atoms with van der Waals surface area (Å²) in [4.78, 5) is 14.0. The van der Waals surface area contributed by atoms with Crippen LogP contribution in [0.2, 0.25) is 5.02 Å². The third-order valence-corrected chi connectivity index (χ3v) is 4.88. The van der Waals surface area contributed by atoms with Crippen molar-refractivity contribution in [3.63, 3.8) is 0 Å². The van der Waals surface area contributed by atoms with Crippen LogP contribution in [0.4, 0.5) is 11.4 Å². The number of anilines is 2. The third kappa shape index (κ3) is 3.33. The first-order valence-electron chi connectivity index (χ1n) is 7.74. The maximum absolute atomic E-state index is 11.5. The number of carbonyl (C=O) groups is 1. The van der Waals surface area contributed by atoms with Crippen LogP contribution < -0.4 is 10.6 Å². The van der Waals surface area contributed by atoms with E-state index in [1.54, 1.807) is 0 Å². The highest BCUT2D eigenvalue weighted by Crippen LogP contribution is 2.32. The second kappa shape index (κ2) is 6.24. The molecule has 2 bridgehead atoms. The van der Waals surface area contributed by atoms with Crippen LogP contribution in [0.5, 0.6) is 0 Å². The van der Waals surface area contributed by atoms with Crippen LogP contribution in [0, 0.1) is 5.92 Å². The van der Waals surface area contributed by atoms with E-state index < -0.39 is 0 Å². The molecule has 0 aliphatic carbocycles. The second-order valence-electron chi connectivity index (χ2n) is 5.99. The number of benzene rings is 1. The molecule has 0 spiro atoms. The third-order valence-electron chi connectivity index (χ3n) is 4.55. The largest absolute Gasteiger partial charge is 0.381 e. The number of piperidine rings is 1. The lowest BCUT2D eigenvalue weighted by Gasteiger charge is -2.32. The van der Waals surface area contributed by atoms with E-state index in [0.29, 0.717) is 23.4 Å². The van der Waals surface area contributed by atoms with E-state index in [2.05, 4.69) is 15.5 Å². The summed E-state index contributed by atoms with van der Waals surface area (Å²) in [6, 6.07) is 6.12. The maximum Gasteiger partial charge on any atom is 0.224 e. The molecular weight excluding hydrogens is 286 g/mol. The highest BCUT2D eigenvalue weighted by molar-refractivity contribution is 6.33. The van der Waals surface area contributed by atoms with Gasteiger partial charge in [-0.25, -0.2) is 0 Å². The van der Waals surface area contributed by atoms with Gasteiger partial charge in [0.25, 0.3) is 0 Å². The maximum atomic E-state index is 11.5. The molecule has 2 aliphatic heterocycles. The first-order chi connectivity index (χ1) is 10.2. The molecule has 2 N–H and O–H groups in total. The molecule has 2 saturated heterocycles. The zero-order valence-electron chi connectivity index (χ0n) is 12.4. The molecule has 0 radical (unpaired) electrons. The fourth-order valence-electron chi connectivity index (χ4n) is 3.30. The van der Waals surface area contributed by atoms with Crippen molar-refractivity contribution in [2.24, 2.45) is 5.92 Å². The molecule has 2 heterocycles. The molecule has 3 rings (SSSR count). The molecule has 0 aromatic heterocycles. The number of fused-ring (bicyclic) bond motifs is 2. The number of carbonyl (C=O) groups excluding carboxylic acids is 1. The number of halogens is 1. The Morgan fingerprint density at radius 1 is 1.38 bits per heavy atom. The van der Waals surface area contributed by atoms with Gasteiger partial charge in [0, 0.05) is 31.2 Å². The van der Waals surface area contributed by atoms with E-state index in [9.17, 15) is 4.79 Å². The lowest BCUT2D eigenvalue weighted by Crippen LogP contribution is -2.39. The van der Waals surface area contributed by atoms with Gasteiger partial charge in [0.1, 0.15) is 0 Å². The lowest BCUT2D eigenvalue weighted by molar-refractivity contribution is -0.115. The first kappa shape index (κ1) is 14.7. The van der Waals surface area contributed by atoms with Crippen molar-refractivity contribution in [1.82, 2.24) is 4.90 Å². The van der Waals surface area contributed by atoms with Crippen LogP contribution in [-0.2, 0) is 4.79 Å². The fraction of sp³-hybridized carbons (Fsp3) is 0.562. The molecule has 21 heavy (non-hydrogen) atoms. The Kier molecular flexibility index (Phi) is 4.36. The van der Waals surface area contributed by atoms with Crippen molar-refractivity contribution < 1.29 is 4.79 Å². The van der Waals surface area contributed by atoms with Crippen LogP contribution in [0.15, 0.2) is 18.2 Å². The molecule has 2 fully saturated rings. The van der Waals surface area contributed by atoms with Crippen molar-refractivity contribution in [1.29, 1.82) is 0 Å². The molecular formula is C16H22ClN3O. The predicted molar refractivity (Wildman–Crippen MR) is 86.9 cm³/mol. The first-order valence-corrected chi connectivity index (χ1v) is 8.12. The van der Waals surface area contributed by atoms with Gasteiger partial charge >= 0.3 is 0 Å². The quantitative estimate of drug-likeness (QED) is 0.898. The Bertz CT molecular complexity index is 534. The summed E-state index contributed by atoms with van der Waals surface area (Å²) >= 11 is 6.30. The van der Waals surface area contributed by atoms with E-state index in [1.807, 2.05) is 25.1 Å². The molecule has 1 amide bonds. The summed E-state index contributed by atoms with van der Waals surface area (Å²) < 4.78 is 0. The van der Waals surface area contributed by atoms with Crippen molar-refractivity contribution in [2.45, 2.75) is 32.2 Å². The number of nitrogens with zero attached hydrogens (tertiary/aromatic N) is 1. The monoisotopic (exact) mass is 307 g/mol. The fourth-order valence-corrected chi connectivity index (χ4v) is 3.48. The number of hydrogen-bond acceptors (Lipinski definition) is 3. The number of hydrogen-bond donors (Lipinski definition) is 2. The van der Waals surface area contributed by atoms with Crippen molar-refractivity contribution in [3.8, 4) is 0 Å². The minimum absolute atomic E-state index is 0.0207. The summed E-state index contributed by atoms with van der Waals surface area (Å²) in [6.45, 7) is 5.43. The standard InChI is InChI=1S/C16H22ClN3O/c1-2-16(21)18-12-3-4-13(17)15(9-12)19-14-6-8-20-7-5-11(14)10-20/h3-4,9,11,14,19H,2,5-8,10H2,1H3,(H,18,21). The summed E-state index contributed by atoms with van der Waals surface area (Å²) in [5.74, 6) is 0.732. The van der Waals surface area contributed by atoms with Gasteiger partial charge in [-0.2, -0.15) is 0 Å². The summed E-state index contributed by atoms with van der Waals surface area (Å²) in [5, 5.41) is 7.20. The second-order valence-corrected chi connectivity index (χ2v) is 6.39. The van der Waals surface area contributed by atoms with Gasteiger partial charge in [-0.15, -0.1) is 0 Å². The van der Waals surface area contributed by atoms with Crippen molar-refractivity contribution >= 4 is 28.9 Å². The number of nitrogens with one attached hydrogen (secondary N) is 2. The summed E-state index contributed by atoms with van der Waals surface area (Å²) in [6.07, 6.45) is 2.90. The van der Waals surface area contributed by atoms with Crippen LogP contribution in [0.3, 0.4) is 0 Å². The van der Waals surface area contributed by atoms with Gasteiger partial charge in [-0.1, -0.05) is 18.5 Å². The smallest absolute Gasteiger partial charge is 0.224 e. The molecule has 3 unspecified atom stereocenters. The van der Waals surface area contributed by atoms with Gasteiger partial charge < -0.3 is 15.5 Å². The SMILES string of the molecule is CCC(=O)Nc1ccc(Cl)c(NC2CCN3CCC2C3)c1. The summed E-state index contributed by atoms with van der Waals surface area (Å²) in [5.41, 5.74) is 1.73. The molecule has 4 nitrogen and oxygen atoms in total. The minimum Gasteiger partial charge on any atom is -0.381 e. The van der Waals surface area contributed by atoms with E-state index in [0.717, 1.165) is 24.3 Å². The Labute approximate surface area is 130 Å². The molecule has 114 valence electrons. The molecule has 0 saturated carbocycles. The van der Waals surface area contributed by atoms with Crippen LogP contribution in [0.25, 0.3) is 0 Å². The van der Waals surface area contributed by atoms with Gasteiger partial charge in [-0.05, 0) is 43.5 Å². The Morgan fingerprint density at radius 3 is 3.00 bits per heavy atom. The predicted octanol–water partition coefficient (Wildman–Crippen LogP) is 3.19. The van der Waals surface area contributed by atoms with E-state index in [1.165, 1.54) is 19.5 Å². The highest BCUT2D eigenvalue weighted by atomic mass is 35.5. The zero-order valence-corrected chi connectivity index (χ0v) is 13.1. The average molecular weight is 308 g/mol. The van der Waals surface area contributed by atoms with Gasteiger partial charge in [0.15, 0.2) is 0 Å². The lowest BCUT2D eigenvalue weighted by atomic mass is 9.94. The molecule has 2 aliphatic rings. The van der Waals surface area contributed by atoms with E-state index in [-0.39, 0.29) is 5.91 Å². The Balaban J connectivity index is 1.71. The average Bonchev–Trinajstić information content (AvgIpc) is 2.88. The van der Waals surface area contributed by atoms with Gasteiger partial charge in [-0.3, -0.25) is 4.79 Å². The van der Waals surface area contributed by atoms with Gasteiger partial charge in [0.2, 0.25) is 5.91 Å². The topological polar surface area (TPSA) is 44.4 Å². The number of rotatable bonds is 4. The summed E-state index contributed by atoms with van der Waals surface area (Å²) in [7, 11) is 0. The van der Waals surface area contributed by atoms with Crippen LogP contribution >= 0.6 is 11.6 Å². The van der Waals surface area contributed by atoms with Crippen molar-refractivity contribution in [2.75, 3.05) is 30.3 Å². The highest BCUT2D eigenvalue weighted by Gasteiger charge is 2.34. The molecule has 3 atom stereocenters. The van der Waals surface area contributed by atoms with Crippen LogP contribution in [0.1, 0.15) is 26.2 Å². The molecule has 1 aromatic carbocycles.